The van der Waals surface area contributed by atoms with Crippen molar-refractivity contribution in [1.82, 2.24) is 14.5 Å². The lowest BCUT2D eigenvalue weighted by atomic mass is 9.95. The monoisotopic (exact) mass is 424 g/mol. The number of β-amino-alcohol motifs (C(OH)–C–C–N with tert-alkyl or cyclic N) is 1. The smallest absolute Gasteiger partial charge is 0.224 e. The van der Waals surface area contributed by atoms with Crippen molar-refractivity contribution in [2.45, 2.75) is 76.2 Å². The van der Waals surface area contributed by atoms with E-state index >= 15 is 0 Å². The number of aromatic nitrogens is 2. The van der Waals surface area contributed by atoms with Crippen LogP contribution < -0.4 is 10.1 Å². The second-order valence-electron chi connectivity index (χ2n) is 9.20. The van der Waals surface area contributed by atoms with Crippen LogP contribution in [0.25, 0.3) is 0 Å². The molecule has 1 aromatic carbocycles. The first-order chi connectivity index (χ1) is 15.2. The quantitative estimate of drug-likeness (QED) is 0.770. The SMILES string of the molecule is O=C1CCc2ccc(O[C@@H]3CCN(Cc4cncn4C4CCCCC4)C[C@H]3O)cc2N1. The van der Waals surface area contributed by atoms with E-state index in [1.807, 2.05) is 30.7 Å². The van der Waals surface area contributed by atoms with Crippen molar-refractivity contribution in [1.29, 1.82) is 0 Å². The molecule has 2 fully saturated rings. The van der Waals surface area contributed by atoms with E-state index in [9.17, 15) is 9.90 Å². The number of carbonyl (C=O) groups is 1. The molecule has 31 heavy (non-hydrogen) atoms. The van der Waals surface area contributed by atoms with Crippen LogP contribution in [0.4, 0.5) is 5.69 Å². The number of nitrogens with zero attached hydrogens (tertiary/aromatic N) is 3. The molecular formula is C24H32N4O3. The summed E-state index contributed by atoms with van der Waals surface area (Å²) >= 11 is 0. The van der Waals surface area contributed by atoms with E-state index in [4.69, 9.17) is 4.74 Å². The first kappa shape index (κ1) is 20.5. The summed E-state index contributed by atoms with van der Waals surface area (Å²) in [5.41, 5.74) is 3.21. The Balaban J connectivity index is 1.18. The van der Waals surface area contributed by atoms with Gasteiger partial charge < -0.3 is 19.7 Å². The van der Waals surface area contributed by atoms with E-state index in [1.54, 1.807) is 0 Å². The van der Waals surface area contributed by atoms with Crippen LogP contribution in [0.1, 0.15) is 62.2 Å². The minimum Gasteiger partial charge on any atom is -0.488 e. The maximum Gasteiger partial charge on any atom is 0.224 e. The number of hydrogen-bond acceptors (Lipinski definition) is 5. The van der Waals surface area contributed by atoms with Crippen LogP contribution in [-0.2, 0) is 17.8 Å². The highest BCUT2D eigenvalue weighted by Crippen LogP contribution is 2.31. The molecule has 1 saturated carbocycles. The molecule has 0 bridgehead atoms. The van der Waals surface area contributed by atoms with E-state index in [1.165, 1.54) is 37.8 Å². The minimum absolute atomic E-state index is 0.0467. The molecule has 2 N–H and O–H groups in total. The third-order valence-corrected chi connectivity index (χ3v) is 6.97. The van der Waals surface area contributed by atoms with E-state index in [0.717, 1.165) is 37.2 Å². The van der Waals surface area contributed by atoms with Gasteiger partial charge in [0, 0.05) is 50.0 Å². The number of piperidine rings is 1. The van der Waals surface area contributed by atoms with Gasteiger partial charge in [-0.15, -0.1) is 0 Å². The number of aliphatic hydroxyl groups is 1. The zero-order chi connectivity index (χ0) is 21.2. The number of fused-ring (bicyclic) bond motifs is 1. The number of aryl methyl sites for hydroxylation is 1. The van der Waals surface area contributed by atoms with Crippen molar-refractivity contribution in [3.8, 4) is 5.75 Å². The average Bonchev–Trinajstić information content (AvgIpc) is 3.24. The molecule has 2 atom stereocenters. The van der Waals surface area contributed by atoms with Crippen molar-refractivity contribution in [2.75, 3.05) is 18.4 Å². The molecule has 7 heteroatoms. The number of benzene rings is 1. The highest BCUT2D eigenvalue weighted by Gasteiger charge is 2.30. The Hall–Kier alpha value is -2.38. The van der Waals surface area contributed by atoms with Gasteiger partial charge in [-0.25, -0.2) is 4.98 Å². The predicted octanol–water partition coefficient (Wildman–Crippen LogP) is 3.29. The standard InChI is InChI=1S/C24H32N4O3/c29-22-15-27(14-19-13-25-16-28(19)18-4-2-1-3-5-18)11-10-23(22)31-20-8-6-17-7-9-24(30)26-21(17)12-20/h6,8,12-13,16,18,22-23,29H,1-5,7,9-11,14-15H2,(H,26,30)/t22-,23-/m1/s1. The number of imidazole rings is 1. The first-order valence-corrected chi connectivity index (χ1v) is 11.7. The van der Waals surface area contributed by atoms with Crippen molar-refractivity contribution in [3.63, 3.8) is 0 Å². The Kier molecular flexibility index (Phi) is 5.96. The number of rotatable bonds is 5. The maximum absolute atomic E-state index is 11.7. The normalized spacial score (nSPS) is 25.1. The number of aliphatic hydroxyl groups excluding tert-OH is 1. The summed E-state index contributed by atoms with van der Waals surface area (Å²) in [5, 5.41) is 13.7. The Bertz CT molecular complexity index is 921. The summed E-state index contributed by atoms with van der Waals surface area (Å²) in [6, 6.07) is 6.41. The molecule has 7 nitrogen and oxygen atoms in total. The Morgan fingerprint density at radius 2 is 2.03 bits per heavy atom. The molecule has 0 radical (unpaired) electrons. The number of carbonyl (C=O) groups excluding carboxylic acids is 1. The van der Waals surface area contributed by atoms with Crippen LogP contribution >= 0.6 is 0 Å². The zero-order valence-electron chi connectivity index (χ0n) is 18.0. The van der Waals surface area contributed by atoms with Gasteiger partial charge in [0.05, 0.1) is 12.0 Å². The largest absolute Gasteiger partial charge is 0.488 e. The summed E-state index contributed by atoms with van der Waals surface area (Å²) < 4.78 is 8.48. The van der Waals surface area contributed by atoms with Crippen LogP contribution in [0.5, 0.6) is 5.75 Å². The van der Waals surface area contributed by atoms with Gasteiger partial charge in [-0.3, -0.25) is 9.69 Å². The molecule has 166 valence electrons. The molecule has 5 rings (SSSR count). The highest BCUT2D eigenvalue weighted by atomic mass is 16.5. The molecule has 2 aromatic rings. The molecule has 0 unspecified atom stereocenters. The molecule has 1 amide bonds. The van der Waals surface area contributed by atoms with Gasteiger partial charge in [0.25, 0.3) is 0 Å². The number of amides is 1. The number of likely N-dealkylation sites (tertiary alicyclic amines) is 1. The van der Waals surface area contributed by atoms with Gasteiger partial charge in [0.1, 0.15) is 18.0 Å². The van der Waals surface area contributed by atoms with Gasteiger partial charge in [0.2, 0.25) is 5.91 Å². The molecule has 3 aliphatic rings. The lowest BCUT2D eigenvalue weighted by Gasteiger charge is -2.36. The third-order valence-electron chi connectivity index (χ3n) is 6.97. The Labute approximate surface area is 183 Å². The summed E-state index contributed by atoms with van der Waals surface area (Å²) in [4.78, 5) is 18.4. The average molecular weight is 425 g/mol. The van der Waals surface area contributed by atoms with E-state index < -0.39 is 6.10 Å². The Morgan fingerprint density at radius 3 is 2.87 bits per heavy atom. The van der Waals surface area contributed by atoms with Crippen LogP contribution in [0, 0.1) is 0 Å². The molecule has 2 aliphatic heterocycles. The zero-order valence-corrected chi connectivity index (χ0v) is 18.0. The van der Waals surface area contributed by atoms with Crippen LogP contribution in [-0.4, -0.2) is 50.8 Å². The predicted molar refractivity (Wildman–Crippen MR) is 118 cm³/mol. The number of ether oxygens (including phenoxy) is 1. The van der Waals surface area contributed by atoms with E-state index in [2.05, 4.69) is 19.8 Å². The second kappa shape index (κ2) is 9.01. The van der Waals surface area contributed by atoms with Gasteiger partial charge in [0.15, 0.2) is 0 Å². The van der Waals surface area contributed by atoms with Crippen LogP contribution in [0.2, 0.25) is 0 Å². The van der Waals surface area contributed by atoms with Crippen LogP contribution in [0.3, 0.4) is 0 Å². The second-order valence-corrected chi connectivity index (χ2v) is 9.20. The minimum atomic E-state index is -0.551. The third kappa shape index (κ3) is 4.62. The number of hydrogen-bond donors (Lipinski definition) is 2. The van der Waals surface area contributed by atoms with Crippen LogP contribution in [0.15, 0.2) is 30.7 Å². The van der Waals surface area contributed by atoms with E-state index in [-0.39, 0.29) is 12.0 Å². The molecule has 1 saturated heterocycles. The summed E-state index contributed by atoms with van der Waals surface area (Å²) in [7, 11) is 0. The van der Waals surface area contributed by atoms with Crippen molar-refractivity contribution in [3.05, 3.63) is 42.0 Å². The topological polar surface area (TPSA) is 79.6 Å². The Morgan fingerprint density at radius 1 is 1.16 bits per heavy atom. The molecule has 0 spiro atoms. The molecular weight excluding hydrogens is 392 g/mol. The van der Waals surface area contributed by atoms with Gasteiger partial charge in [-0.1, -0.05) is 25.3 Å². The van der Waals surface area contributed by atoms with E-state index in [0.29, 0.717) is 24.8 Å². The molecule has 3 heterocycles. The maximum atomic E-state index is 11.7. The highest BCUT2D eigenvalue weighted by molar-refractivity contribution is 5.94. The van der Waals surface area contributed by atoms with Crippen molar-refractivity contribution in [2.24, 2.45) is 0 Å². The first-order valence-electron chi connectivity index (χ1n) is 11.7. The van der Waals surface area contributed by atoms with Gasteiger partial charge >= 0.3 is 0 Å². The fraction of sp³-hybridized carbons (Fsp3) is 0.583. The van der Waals surface area contributed by atoms with Gasteiger partial charge in [-0.2, -0.15) is 0 Å². The summed E-state index contributed by atoms with van der Waals surface area (Å²) in [6.07, 6.45) is 11.7. The summed E-state index contributed by atoms with van der Waals surface area (Å²) in [5.74, 6) is 0.749. The lowest BCUT2D eigenvalue weighted by Crippen LogP contribution is -2.48. The summed E-state index contributed by atoms with van der Waals surface area (Å²) in [6.45, 7) is 2.27. The number of anilines is 1. The molecule has 1 aliphatic carbocycles. The fourth-order valence-electron chi connectivity index (χ4n) is 5.23. The lowest BCUT2D eigenvalue weighted by molar-refractivity contribution is -0.116. The fourth-order valence-corrected chi connectivity index (χ4v) is 5.23. The van der Waals surface area contributed by atoms with Gasteiger partial charge in [-0.05, 0) is 37.3 Å². The van der Waals surface area contributed by atoms with Crippen molar-refractivity contribution < 1.29 is 14.6 Å². The molecule has 1 aromatic heterocycles. The number of nitrogens with one attached hydrogen (secondary N) is 1. The van der Waals surface area contributed by atoms with Crippen molar-refractivity contribution >= 4 is 11.6 Å².